The highest BCUT2D eigenvalue weighted by molar-refractivity contribution is 7.22. The summed E-state index contributed by atoms with van der Waals surface area (Å²) < 4.78 is 0.984. The van der Waals surface area contributed by atoms with E-state index in [1.807, 2.05) is 30.3 Å². The second-order valence-electron chi connectivity index (χ2n) is 10.5. The third-order valence-electron chi connectivity index (χ3n) is 8.15. The molecule has 0 spiro atoms. The van der Waals surface area contributed by atoms with Crippen LogP contribution in [0.15, 0.2) is 59.4 Å². The van der Waals surface area contributed by atoms with Crippen LogP contribution in [0.2, 0.25) is 0 Å². The molecule has 1 fully saturated rings. The van der Waals surface area contributed by atoms with Gasteiger partial charge in [0.1, 0.15) is 22.8 Å². The van der Waals surface area contributed by atoms with E-state index in [0.717, 1.165) is 10.1 Å². The number of hydrogen-bond donors (Lipinski definition) is 6. The van der Waals surface area contributed by atoms with Gasteiger partial charge >= 0.3 is 0 Å². The van der Waals surface area contributed by atoms with Crippen LogP contribution < -0.4 is 5.73 Å². The van der Waals surface area contributed by atoms with Crippen LogP contribution in [0, 0.1) is 18.3 Å². The molecule has 0 saturated heterocycles. The van der Waals surface area contributed by atoms with Gasteiger partial charge in [0, 0.05) is 33.1 Å². The van der Waals surface area contributed by atoms with Gasteiger partial charge in [0.15, 0.2) is 11.4 Å². The van der Waals surface area contributed by atoms with Gasteiger partial charge in [-0.15, -0.1) is 11.3 Å². The Labute approximate surface area is 231 Å². The quantitative estimate of drug-likeness (QED) is 0.260. The van der Waals surface area contributed by atoms with Crippen molar-refractivity contribution in [3.05, 3.63) is 76.9 Å². The van der Waals surface area contributed by atoms with Gasteiger partial charge in [0.05, 0.1) is 23.6 Å². The molecule has 2 aromatic carbocycles. The average molecular weight is 562 g/mol. The van der Waals surface area contributed by atoms with Crippen LogP contribution in [-0.2, 0) is 14.4 Å². The molecule has 205 valence electrons. The van der Waals surface area contributed by atoms with Gasteiger partial charge in [-0.2, -0.15) is 0 Å². The summed E-state index contributed by atoms with van der Waals surface area (Å²) in [6.45, 7) is 0. The maximum Gasteiger partial charge on any atom is 0.255 e. The Morgan fingerprint density at radius 1 is 1.07 bits per heavy atom. The third-order valence-corrected chi connectivity index (χ3v) is 9.30. The van der Waals surface area contributed by atoms with Crippen molar-refractivity contribution in [1.29, 1.82) is 0 Å². The number of aliphatic hydroxyl groups is 4. The number of nitrogens with two attached hydrogens (primary N) is 1. The third kappa shape index (κ3) is 3.29. The molecule has 0 bridgehead atoms. The molecule has 6 rings (SSSR count). The Kier molecular flexibility index (Phi) is 5.72. The first-order valence-corrected chi connectivity index (χ1v) is 13.2. The first-order chi connectivity index (χ1) is 18.9. The standard InChI is InChI=1S/C29H25N2O8S/c1-31(2)21-20-23(33)14-9-12-7-8-13(16-10-11-5-3-4-6-15(11)40-16)22(32)17(12)24(34)18(14)26(36)29(20,39)27(37)19(25(21)35)28(30)38/h3-10,14,20-21,23,32-34,37,39H,1-2H3,(H2,30,38)/t14-,20-,21+,23+,29+/m0/s1. The normalized spacial score (nSPS) is 28.1. The van der Waals surface area contributed by atoms with Crippen molar-refractivity contribution in [2.24, 2.45) is 17.6 Å². The highest BCUT2D eigenvalue weighted by Gasteiger charge is 2.67. The number of aromatic hydroxyl groups is 1. The minimum Gasteiger partial charge on any atom is -0.508 e. The lowest BCUT2D eigenvalue weighted by molar-refractivity contribution is -0.167. The maximum absolute atomic E-state index is 14.0. The molecular formula is C29H25N2O8S. The van der Waals surface area contributed by atoms with E-state index < -0.39 is 69.7 Å². The minimum absolute atomic E-state index is 0.0848. The lowest BCUT2D eigenvalue weighted by Crippen LogP contribution is -2.70. The van der Waals surface area contributed by atoms with E-state index in [4.69, 9.17) is 5.73 Å². The Morgan fingerprint density at radius 3 is 2.42 bits per heavy atom. The summed E-state index contributed by atoms with van der Waals surface area (Å²) in [6, 6.07) is 11.4. The van der Waals surface area contributed by atoms with Crippen LogP contribution >= 0.6 is 11.3 Å². The van der Waals surface area contributed by atoms with Crippen molar-refractivity contribution >= 4 is 44.7 Å². The van der Waals surface area contributed by atoms with Crippen LogP contribution in [0.4, 0.5) is 0 Å². The number of primary amides is 1. The van der Waals surface area contributed by atoms with E-state index in [0.29, 0.717) is 16.0 Å². The number of phenolic OH excluding ortho intramolecular Hbond substituents is 1. The number of Topliss-reactive ketones (excluding diaryl/α,β-unsaturated/α-hetero) is 2. The van der Waals surface area contributed by atoms with E-state index >= 15 is 0 Å². The molecule has 40 heavy (non-hydrogen) atoms. The summed E-state index contributed by atoms with van der Waals surface area (Å²) in [5, 5.41) is 57.9. The average Bonchev–Trinajstić information content (AvgIpc) is 3.32. The lowest BCUT2D eigenvalue weighted by atomic mass is 9.56. The molecular weight excluding hydrogens is 536 g/mol. The summed E-state index contributed by atoms with van der Waals surface area (Å²) in [5.74, 6) is -8.59. The molecule has 3 aromatic rings. The zero-order valence-corrected chi connectivity index (χ0v) is 22.1. The molecule has 1 aromatic heterocycles. The van der Waals surface area contributed by atoms with Gasteiger partial charge in [-0.1, -0.05) is 24.3 Å². The minimum atomic E-state index is -2.95. The summed E-state index contributed by atoms with van der Waals surface area (Å²) >= 11 is 1.43. The molecule has 1 saturated carbocycles. The summed E-state index contributed by atoms with van der Waals surface area (Å²) in [5.41, 5.74) is 1.60. The number of carbonyl (C=O) groups excluding carboxylic acids is 3. The number of amides is 1. The number of phenols is 1. The molecule has 1 radical (unpaired) electrons. The lowest BCUT2D eigenvalue weighted by Gasteiger charge is -2.52. The number of carbonyl (C=O) groups is 3. The zero-order chi connectivity index (χ0) is 28.8. The fraction of sp³-hybridized carbons (Fsp3) is 0.241. The fourth-order valence-corrected chi connectivity index (χ4v) is 7.41. The van der Waals surface area contributed by atoms with Gasteiger partial charge in [-0.05, 0) is 43.2 Å². The first-order valence-electron chi connectivity index (χ1n) is 12.4. The van der Waals surface area contributed by atoms with Gasteiger partial charge in [0.25, 0.3) is 5.91 Å². The predicted octanol–water partition coefficient (Wildman–Crippen LogP) is 1.83. The molecule has 1 heterocycles. The number of rotatable bonds is 3. The first kappa shape index (κ1) is 26.2. The van der Waals surface area contributed by atoms with E-state index in [1.54, 1.807) is 12.1 Å². The summed E-state index contributed by atoms with van der Waals surface area (Å²) in [4.78, 5) is 41.3. The van der Waals surface area contributed by atoms with Crippen molar-refractivity contribution in [3.63, 3.8) is 0 Å². The Hall–Kier alpha value is -4.03. The smallest absolute Gasteiger partial charge is 0.255 e. The van der Waals surface area contributed by atoms with Crippen LogP contribution in [0.3, 0.4) is 0 Å². The van der Waals surface area contributed by atoms with Crippen molar-refractivity contribution in [1.82, 2.24) is 4.90 Å². The number of nitrogens with zero attached hydrogens (tertiary/aromatic N) is 1. The van der Waals surface area contributed by atoms with Crippen LogP contribution in [-0.4, -0.2) is 79.7 Å². The Morgan fingerprint density at radius 2 is 1.77 bits per heavy atom. The van der Waals surface area contributed by atoms with E-state index in [9.17, 15) is 39.9 Å². The molecule has 3 aliphatic carbocycles. The summed E-state index contributed by atoms with van der Waals surface area (Å²) in [6.07, 6.45) is -0.187. The highest BCUT2D eigenvalue weighted by Crippen LogP contribution is 2.54. The molecule has 1 amide bonds. The van der Waals surface area contributed by atoms with Crippen LogP contribution in [0.5, 0.6) is 5.75 Å². The molecule has 10 nitrogen and oxygen atoms in total. The summed E-state index contributed by atoms with van der Waals surface area (Å²) in [7, 11) is 2.91. The number of benzene rings is 2. The highest BCUT2D eigenvalue weighted by atomic mass is 32.1. The fourth-order valence-electron chi connectivity index (χ4n) is 6.33. The molecule has 7 N–H and O–H groups in total. The van der Waals surface area contributed by atoms with Gasteiger partial charge in [-0.25, -0.2) is 0 Å². The van der Waals surface area contributed by atoms with E-state index in [-0.39, 0.29) is 11.3 Å². The number of thiophene rings is 1. The largest absolute Gasteiger partial charge is 0.508 e. The second-order valence-corrected chi connectivity index (χ2v) is 11.6. The zero-order valence-electron chi connectivity index (χ0n) is 21.3. The van der Waals surface area contributed by atoms with Crippen molar-refractivity contribution in [3.8, 4) is 16.2 Å². The SMILES string of the molecule is CN(C)[C@H]1C(=O)C(C(N)=O)=C(O)[C@]2(O)C(=O)C3=C(O)c4c(ccc(-c5cc6ccccc6s5)c4O)[CH][C@@H]3[C@@H](O)[C@H]12. The Bertz CT molecular complexity index is 1690. The number of fused-ring (bicyclic) bond motifs is 4. The molecule has 3 aliphatic rings. The molecule has 11 heteroatoms. The molecule has 0 aliphatic heterocycles. The monoisotopic (exact) mass is 561 g/mol. The molecule has 0 unspecified atom stereocenters. The van der Waals surface area contributed by atoms with Gasteiger partial charge in [0.2, 0.25) is 5.78 Å². The molecule has 5 atom stereocenters. The van der Waals surface area contributed by atoms with Crippen LogP contribution in [0.25, 0.3) is 26.3 Å². The number of likely N-dealkylation sites (N-methyl/N-ethyl adjacent to an activating group) is 1. The van der Waals surface area contributed by atoms with Crippen molar-refractivity contribution in [2.75, 3.05) is 14.1 Å². The van der Waals surface area contributed by atoms with Crippen molar-refractivity contribution < 1.29 is 39.9 Å². The van der Waals surface area contributed by atoms with Crippen LogP contribution in [0.1, 0.15) is 11.1 Å². The number of aliphatic hydroxyl groups excluding tert-OH is 3. The van der Waals surface area contributed by atoms with E-state index in [1.165, 1.54) is 36.8 Å². The number of hydrogen-bond acceptors (Lipinski definition) is 10. The van der Waals surface area contributed by atoms with Gasteiger partial charge in [-0.3, -0.25) is 19.3 Å². The van der Waals surface area contributed by atoms with Crippen molar-refractivity contribution in [2.45, 2.75) is 17.7 Å². The topological polar surface area (TPSA) is 182 Å². The number of ketones is 2. The van der Waals surface area contributed by atoms with Gasteiger partial charge < -0.3 is 31.3 Å². The Balaban J connectivity index is 1.56. The second kappa shape index (κ2) is 8.73. The maximum atomic E-state index is 14.0. The predicted molar refractivity (Wildman–Crippen MR) is 146 cm³/mol. The van der Waals surface area contributed by atoms with E-state index in [2.05, 4.69) is 0 Å².